The summed E-state index contributed by atoms with van der Waals surface area (Å²) in [6.45, 7) is 1.62. The highest BCUT2D eigenvalue weighted by Crippen LogP contribution is 2.43. The first-order chi connectivity index (χ1) is 20.3. The number of sulfone groups is 1. The van der Waals surface area contributed by atoms with E-state index in [0.29, 0.717) is 16.1 Å². The van der Waals surface area contributed by atoms with Gasteiger partial charge >= 0.3 is 5.97 Å². The molecule has 6 rings (SSSR count). The molecule has 5 aromatic carbocycles. The summed E-state index contributed by atoms with van der Waals surface area (Å²) in [5.41, 5.74) is 1.47. The largest absolute Gasteiger partial charge is 0.465 e. The Morgan fingerprint density at radius 1 is 0.714 bits per heavy atom. The molecule has 0 radical (unpaired) electrons. The normalized spacial score (nSPS) is 21.7. The lowest BCUT2D eigenvalue weighted by atomic mass is 9.89. The van der Waals surface area contributed by atoms with Gasteiger partial charge in [0.25, 0.3) is 0 Å². The molecule has 0 bridgehead atoms. The third-order valence-corrected chi connectivity index (χ3v) is 10.5. The van der Waals surface area contributed by atoms with Crippen LogP contribution in [0, 0.1) is 0 Å². The number of halogens is 1. The molecular formula is C34H28ClNO5S. The van der Waals surface area contributed by atoms with Gasteiger partial charge in [-0.25, -0.2) is 8.42 Å². The Kier molecular flexibility index (Phi) is 7.58. The minimum atomic E-state index is -4.49. The molecular weight excluding hydrogens is 570 g/mol. The summed E-state index contributed by atoms with van der Waals surface area (Å²) in [6.07, 6.45) is 0. The molecule has 1 heterocycles. The van der Waals surface area contributed by atoms with E-state index in [-0.39, 0.29) is 12.2 Å². The summed E-state index contributed by atoms with van der Waals surface area (Å²) in [5, 5.41) is 4.08. The van der Waals surface area contributed by atoms with E-state index >= 15 is 0 Å². The van der Waals surface area contributed by atoms with Crippen LogP contribution in [0.3, 0.4) is 0 Å². The highest BCUT2D eigenvalue weighted by Gasteiger charge is 2.56. The molecule has 212 valence electrons. The van der Waals surface area contributed by atoms with Crippen molar-refractivity contribution in [3.63, 3.8) is 0 Å². The monoisotopic (exact) mass is 597 g/mol. The predicted octanol–water partition coefficient (Wildman–Crippen LogP) is 6.63. The molecule has 1 aliphatic rings. The highest BCUT2D eigenvalue weighted by molar-refractivity contribution is 7.94. The first-order valence-electron chi connectivity index (χ1n) is 13.7. The van der Waals surface area contributed by atoms with Gasteiger partial charge in [-0.3, -0.25) is 14.9 Å². The second kappa shape index (κ2) is 11.3. The van der Waals surface area contributed by atoms with E-state index in [0.717, 1.165) is 21.5 Å². The van der Waals surface area contributed by atoms with Gasteiger partial charge in [-0.15, -0.1) is 0 Å². The summed E-state index contributed by atoms with van der Waals surface area (Å²) in [4.78, 5) is 27.8. The van der Waals surface area contributed by atoms with Crippen molar-refractivity contribution in [1.82, 2.24) is 5.32 Å². The van der Waals surface area contributed by atoms with Gasteiger partial charge in [-0.1, -0.05) is 96.5 Å². The number of ketones is 1. The molecule has 4 atom stereocenters. The summed E-state index contributed by atoms with van der Waals surface area (Å²) < 4.78 is 34.9. The predicted molar refractivity (Wildman–Crippen MR) is 165 cm³/mol. The van der Waals surface area contributed by atoms with Crippen molar-refractivity contribution in [2.24, 2.45) is 0 Å². The summed E-state index contributed by atoms with van der Waals surface area (Å²) in [7, 11) is -4.49. The van der Waals surface area contributed by atoms with Crippen molar-refractivity contribution in [2.75, 3.05) is 6.61 Å². The fourth-order valence-corrected chi connectivity index (χ4v) is 8.45. The van der Waals surface area contributed by atoms with Crippen molar-refractivity contribution >= 4 is 54.7 Å². The number of ether oxygens (including phenoxy) is 1. The topological polar surface area (TPSA) is 89.5 Å². The Hall–Kier alpha value is -4.04. The van der Waals surface area contributed by atoms with Gasteiger partial charge in [0.15, 0.2) is 20.9 Å². The standard InChI is InChI=1S/C34H28ClNO5S/c1-2-41-34(38)33-30(28-16-8-12-22-10-4-6-14-26(22)28)36-29(27-15-7-11-21-9-3-5-13-25(21)27)32(42(33,39)40)31(37)23-17-19-24(35)20-18-23/h3-20,29-30,32-33,36H,2H2,1H3. The minimum absolute atomic E-state index is 0.00431. The van der Waals surface area contributed by atoms with Crippen LogP contribution in [-0.2, 0) is 19.4 Å². The molecule has 6 nitrogen and oxygen atoms in total. The van der Waals surface area contributed by atoms with Gasteiger partial charge in [-0.2, -0.15) is 0 Å². The van der Waals surface area contributed by atoms with E-state index in [1.54, 1.807) is 19.1 Å². The third-order valence-electron chi connectivity index (χ3n) is 7.90. The first-order valence-corrected chi connectivity index (χ1v) is 15.7. The molecule has 42 heavy (non-hydrogen) atoms. The number of rotatable bonds is 6. The van der Waals surface area contributed by atoms with E-state index in [2.05, 4.69) is 5.32 Å². The van der Waals surface area contributed by atoms with E-state index in [4.69, 9.17) is 16.3 Å². The lowest BCUT2D eigenvalue weighted by Crippen LogP contribution is -2.59. The number of carbonyl (C=O) groups excluding carboxylic acids is 2. The Bertz CT molecular complexity index is 1910. The average Bonchev–Trinajstić information content (AvgIpc) is 2.99. The highest BCUT2D eigenvalue weighted by atomic mass is 35.5. The Balaban J connectivity index is 1.61. The van der Waals surface area contributed by atoms with E-state index < -0.39 is 44.2 Å². The number of nitrogens with one attached hydrogen (secondary N) is 1. The van der Waals surface area contributed by atoms with Crippen molar-refractivity contribution in [1.29, 1.82) is 0 Å². The number of Topliss-reactive ketones (excluding diaryl/α,β-unsaturated/α-hetero) is 1. The molecule has 0 saturated carbocycles. The molecule has 1 N–H and O–H groups in total. The van der Waals surface area contributed by atoms with Crippen molar-refractivity contribution < 1.29 is 22.7 Å². The molecule has 0 aromatic heterocycles. The zero-order valence-corrected chi connectivity index (χ0v) is 24.3. The van der Waals surface area contributed by atoms with Crippen molar-refractivity contribution in [2.45, 2.75) is 29.5 Å². The second-order valence-electron chi connectivity index (χ2n) is 10.3. The van der Waals surface area contributed by atoms with Gasteiger partial charge in [0.2, 0.25) is 0 Å². The summed E-state index contributed by atoms with van der Waals surface area (Å²) >= 11 is 6.08. The Labute approximate surface area is 249 Å². The van der Waals surface area contributed by atoms with Gasteiger partial charge in [-0.05, 0) is 63.9 Å². The fraction of sp³-hybridized carbons (Fsp3) is 0.176. The molecule has 0 aliphatic carbocycles. The fourth-order valence-electron chi connectivity index (χ4n) is 6.03. The third kappa shape index (κ3) is 4.87. The maximum absolute atomic E-state index is 14.8. The second-order valence-corrected chi connectivity index (χ2v) is 12.9. The molecule has 4 unspecified atom stereocenters. The lowest BCUT2D eigenvalue weighted by Gasteiger charge is -2.41. The Morgan fingerprint density at radius 2 is 1.21 bits per heavy atom. The van der Waals surface area contributed by atoms with E-state index in [1.165, 1.54) is 12.1 Å². The van der Waals surface area contributed by atoms with Crippen molar-refractivity contribution in [3.05, 3.63) is 131 Å². The summed E-state index contributed by atoms with van der Waals surface area (Å²) in [5.74, 6) is -1.52. The van der Waals surface area contributed by atoms with Gasteiger partial charge in [0, 0.05) is 10.6 Å². The Morgan fingerprint density at radius 3 is 1.76 bits per heavy atom. The smallest absolute Gasteiger partial charge is 0.326 e. The van der Waals surface area contributed by atoms with Gasteiger partial charge < -0.3 is 4.74 Å². The maximum Gasteiger partial charge on any atom is 0.326 e. The molecule has 5 aromatic rings. The number of carbonyl (C=O) groups is 2. The van der Waals surface area contributed by atoms with E-state index in [1.807, 2.05) is 84.9 Å². The zero-order valence-electron chi connectivity index (χ0n) is 22.7. The summed E-state index contributed by atoms with van der Waals surface area (Å²) in [6, 6.07) is 30.6. The van der Waals surface area contributed by atoms with Crippen LogP contribution in [-0.4, -0.2) is 37.3 Å². The quantitative estimate of drug-likeness (QED) is 0.175. The SMILES string of the molecule is CCOC(=O)C1C(c2cccc3ccccc23)NC(c2cccc3ccccc23)C(C(=O)c2ccc(Cl)cc2)S1(=O)=O. The molecule has 8 heteroatoms. The van der Waals surface area contributed by atoms with Crippen LogP contribution in [0.4, 0.5) is 0 Å². The maximum atomic E-state index is 14.8. The number of hydrogen-bond donors (Lipinski definition) is 1. The van der Waals surface area contributed by atoms with Crippen LogP contribution < -0.4 is 5.32 Å². The molecule has 1 fully saturated rings. The number of fused-ring (bicyclic) bond motifs is 2. The molecule has 0 amide bonds. The van der Waals surface area contributed by atoms with Crippen molar-refractivity contribution in [3.8, 4) is 0 Å². The zero-order chi connectivity index (χ0) is 29.4. The van der Waals surface area contributed by atoms with Crippen LogP contribution in [0.1, 0.15) is 40.5 Å². The van der Waals surface area contributed by atoms with Gasteiger partial charge in [0.05, 0.1) is 18.7 Å². The van der Waals surface area contributed by atoms with Crippen LogP contribution in [0.15, 0.2) is 109 Å². The van der Waals surface area contributed by atoms with Crippen LogP contribution in [0.5, 0.6) is 0 Å². The average molecular weight is 598 g/mol. The van der Waals surface area contributed by atoms with Crippen LogP contribution in [0.2, 0.25) is 5.02 Å². The van der Waals surface area contributed by atoms with E-state index in [9.17, 15) is 18.0 Å². The number of esters is 1. The first kappa shape index (κ1) is 28.1. The number of benzene rings is 5. The molecule has 0 spiro atoms. The van der Waals surface area contributed by atoms with Crippen LogP contribution in [0.25, 0.3) is 21.5 Å². The molecule has 1 saturated heterocycles. The van der Waals surface area contributed by atoms with Crippen LogP contribution >= 0.6 is 11.6 Å². The lowest BCUT2D eigenvalue weighted by molar-refractivity contribution is -0.143. The van der Waals surface area contributed by atoms with Gasteiger partial charge in [0.1, 0.15) is 5.25 Å². The number of hydrogen-bond acceptors (Lipinski definition) is 6. The molecule has 1 aliphatic heterocycles. The minimum Gasteiger partial charge on any atom is -0.465 e.